The Balaban J connectivity index is 2.20. The topological polar surface area (TPSA) is 18.5 Å². The quantitative estimate of drug-likeness (QED) is 0.350. The lowest BCUT2D eigenvalue weighted by Gasteiger charge is -1.92. The van der Waals surface area contributed by atoms with E-state index < -0.39 is 0 Å². The van der Waals surface area contributed by atoms with E-state index in [0.29, 0.717) is 13.2 Å². The number of rotatable bonds is 0. The first-order valence-corrected chi connectivity index (χ1v) is 2.95. The highest BCUT2D eigenvalue weighted by molar-refractivity contribution is 7.26. The van der Waals surface area contributed by atoms with Crippen molar-refractivity contribution in [1.29, 1.82) is 0 Å². The summed E-state index contributed by atoms with van der Waals surface area (Å²) in [6, 6.07) is 0. The normalized spacial score (nSPS) is 21.7. The molecule has 1 heterocycles. The highest BCUT2D eigenvalue weighted by Gasteiger charge is 1.87. The Morgan fingerprint density at radius 3 is 2.29 bits per heavy atom. The lowest BCUT2D eigenvalue weighted by atomic mass is 10.5. The van der Waals surface area contributed by atoms with Crippen molar-refractivity contribution in [3.8, 4) is 0 Å². The van der Waals surface area contributed by atoms with E-state index in [1.165, 1.54) is 0 Å². The van der Waals surface area contributed by atoms with Crippen molar-refractivity contribution >= 4 is 9.03 Å². The minimum absolute atomic E-state index is 0.232. The van der Waals surface area contributed by atoms with Crippen LogP contribution in [0, 0.1) is 0 Å². The van der Waals surface area contributed by atoms with E-state index >= 15 is 0 Å². The van der Waals surface area contributed by atoms with Crippen LogP contribution in [0.15, 0.2) is 12.2 Å². The van der Waals surface area contributed by atoms with Gasteiger partial charge in [0.05, 0.1) is 13.2 Å². The molecule has 0 aromatic carbocycles. The second-order valence-electron chi connectivity index (χ2n) is 1.18. The van der Waals surface area contributed by atoms with Gasteiger partial charge in [0.1, 0.15) is 0 Å². The highest BCUT2D eigenvalue weighted by atomic mass is 31.1. The molecule has 0 aliphatic carbocycles. The van der Waals surface area contributed by atoms with E-state index in [-0.39, 0.29) is 9.03 Å². The minimum Gasteiger partial charge on any atom is -0.332 e. The molecule has 0 N–H and O–H groups in total. The minimum atomic E-state index is 0.232. The van der Waals surface area contributed by atoms with Crippen molar-refractivity contribution < 1.29 is 9.05 Å². The van der Waals surface area contributed by atoms with Crippen LogP contribution >= 0.6 is 9.03 Å². The zero-order valence-corrected chi connectivity index (χ0v) is 4.89. The molecule has 0 spiro atoms. The fourth-order valence-electron chi connectivity index (χ4n) is 0.342. The molecule has 0 unspecified atom stereocenters. The Hall–Kier alpha value is 0.0900. The van der Waals surface area contributed by atoms with Gasteiger partial charge in [-0.3, -0.25) is 0 Å². The summed E-state index contributed by atoms with van der Waals surface area (Å²) in [7, 11) is 0.232. The molecule has 0 saturated carbocycles. The van der Waals surface area contributed by atoms with E-state index in [2.05, 4.69) is 0 Å². The van der Waals surface area contributed by atoms with Gasteiger partial charge in [-0.2, -0.15) is 0 Å². The summed E-state index contributed by atoms with van der Waals surface area (Å²) in [5, 5.41) is 0. The fourth-order valence-corrected chi connectivity index (χ4v) is 0.754. The van der Waals surface area contributed by atoms with Crippen LogP contribution in [-0.2, 0) is 9.05 Å². The molecule has 0 aromatic heterocycles. The summed E-state index contributed by atoms with van der Waals surface area (Å²) in [6.07, 6.45) is 3.92. The van der Waals surface area contributed by atoms with E-state index in [9.17, 15) is 0 Å². The molecule has 1 aliphatic rings. The summed E-state index contributed by atoms with van der Waals surface area (Å²) in [5.41, 5.74) is 0. The van der Waals surface area contributed by atoms with Gasteiger partial charge in [0.2, 0.25) is 0 Å². The molecule has 0 bridgehead atoms. The molecule has 1 aliphatic heterocycles. The van der Waals surface area contributed by atoms with Gasteiger partial charge in [0.25, 0.3) is 0 Å². The van der Waals surface area contributed by atoms with Gasteiger partial charge in [-0.15, -0.1) is 0 Å². The first-order valence-electron chi connectivity index (χ1n) is 2.14. The molecule has 1 rings (SSSR count). The van der Waals surface area contributed by atoms with E-state index in [1.54, 1.807) is 0 Å². The van der Waals surface area contributed by atoms with Crippen molar-refractivity contribution in [2.24, 2.45) is 0 Å². The van der Waals surface area contributed by atoms with Crippen molar-refractivity contribution in [2.45, 2.75) is 0 Å². The van der Waals surface area contributed by atoms with Crippen LogP contribution in [0.3, 0.4) is 0 Å². The Labute approximate surface area is 44.5 Å². The predicted octanol–water partition coefficient (Wildman–Crippen LogP) is 1.10. The third kappa shape index (κ3) is 2.03. The van der Waals surface area contributed by atoms with Crippen LogP contribution in [-0.4, -0.2) is 13.2 Å². The molecule has 0 atom stereocenters. The average Bonchev–Trinajstić information content (AvgIpc) is 1.90. The van der Waals surface area contributed by atoms with Crippen molar-refractivity contribution in [2.75, 3.05) is 13.2 Å². The van der Waals surface area contributed by atoms with Crippen molar-refractivity contribution in [3.63, 3.8) is 0 Å². The molecule has 7 heavy (non-hydrogen) atoms. The summed E-state index contributed by atoms with van der Waals surface area (Å²) >= 11 is 0. The van der Waals surface area contributed by atoms with E-state index in [0.717, 1.165) is 0 Å². The third-order valence-corrected chi connectivity index (χ3v) is 1.21. The summed E-state index contributed by atoms with van der Waals surface area (Å²) in [6.45, 7) is 1.41. The third-order valence-electron chi connectivity index (χ3n) is 0.644. The van der Waals surface area contributed by atoms with Gasteiger partial charge in [0, 0.05) is 0 Å². The Bertz CT molecular complexity index is 64.1. The van der Waals surface area contributed by atoms with Gasteiger partial charge in [-0.25, -0.2) is 0 Å². The molecular formula is C4H7O2P. The Morgan fingerprint density at radius 2 is 1.71 bits per heavy atom. The van der Waals surface area contributed by atoms with Crippen molar-refractivity contribution in [3.05, 3.63) is 12.2 Å². The second kappa shape index (κ2) is 3.14. The SMILES string of the molecule is C1=CCOPOC1. The second-order valence-corrected chi connectivity index (χ2v) is 1.92. The maximum Gasteiger partial charge on any atom is 0.155 e. The monoisotopic (exact) mass is 118 g/mol. The van der Waals surface area contributed by atoms with Crippen LogP contribution in [0.1, 0.15) is 0 Å². The molecule has 0 aromatic rings. The molecule has 3 heteroatoms. The average molecular weight is 118 g/mol. The number of hydrogen-bond acceptors (Lipinski definition) is 2. The van der Waals surface area contributed by atoms with Gasteiger partial charge in [-0.05, 0) is 0 Å². The van der Waals surface area contributed by atoms with Gasteiger partial charge in [0.15, 0.2) is 9.03 Å². The Kier molecular flexibility index (Phi) is 2.35. The van der Waals surface area contributed by atoms with E-state index in [1.807, 2.05) is 12.2 Å². The predicted molar refractivity (Wildman–Crippen MR) is 29.4 cm³/mol. The molecule has 0 radical (unpaired) electrons. The molecule has 0 fully saturated rings. The van der Waals surface area contributed by atoms with Crippen LogP contribution in [0.25, 0.3) is 0 Å². The largest absolute Gasteiger partial charge is 0.332 e. The lowest BCUT2D eigenvalue weighted by molar-refractivity contribution is 0.323. The lowest BCUT2D eigenvalue weighted by Crippen LogP contribution is -1.72. The maximum absolute atomic E-state index is 4.91. The molecule has 0 saturated heterocycles. The van der Waals surface area contributed by atoms with Crippen LogP contribution in [0.5, 0.6) is 0 Å². The van der Waals surface area contributed by atoms with Gasteiger partial charge < -0.3 is 9.05 Å². The molecule has 40 valence electrons. The molecule has 2 nitrogen and oxygen atoms in total. The van der Waals surface area contributed by atoms with E-state index in [4.69, 9.17) is 9.05 Å². The summed E-state index contributed by atoms with van der Waals surface area (Å²) < 4.78 is 9.83. The highest BCUT2D eigenvalue weighted by Crippen LogP contribution is 2.14. The van der Waals surface area contributed by atoms with Gasteiger partial charge >= 0.3 is 0 Å². The summed E-state index contributed by atoms with van der Waals surface area (Å²) in [5.74, 6) is 0. The van der Waals surface area contributed by atoms with Gasteiger partial charge in [-0.1, -0.05) is 12.2 Å². The van der Waals surface area contributed by atoms with Crippen LogP contribution in [0.4, 0.5) is 0 Å². The first kappa shape index (κ1) is 5.23. The smallest absolute Gasteiger partial charge is 0.155 e. The molecular weight excluding hydrogens is 111 g/mol. The standard InChI is InChI=1S/C4H7O2P/c1-2-4-6-7-5-3-1/h1-2,7H,3-4H2. The molecule has 0 amide bonds. The Morgan fingerprint density at radius 1 is 1.14 bits per heavy atom. The summed E-state index contributed by atoms with van der Waals surface area (Å²) in [4.78, 5) is 0. The zero-order valence-electron chi connectivity index (χ0n) is 3.89. The maximum atomic E-state index is 4.91. The van der Waals surface area contributed by atoms with Crippen molar-refractivity contribution in [1.82, 2.24) is 0 Å². The first-order chi connectivity index (χ1) is 3.50. The van der Waals surface area contributed by atoms with Crippen LogP contribution < -0.4 is 0 Å². The zero-order chi connectivity index (χ0) is 4.95. The number of hydrogen-bond donors (Lipinski definition) is 0. The fraction of sp³-hybridized carbons (Fsp3) is 0.500. The van der Waals surface area contributed by atoms with Crippen LogP contribution in [0.2, 0.25) is 0 Å².